The van der Waals surface area contributed by atoms with E-state index in [1.54, 1.807) is 0 Å². The van der Waals surface area contributed by atoms with Crippen molar-refractivity contribution < 1.29 is 4.79 Å². The zero-order chi connectivity index (χ0) is 15.4. The molecule has 3 nitrogen and oxygen atoms in total. The fraction of sp³-hybridized carbons (Fsp3) is 0.312. The molecular weight excluding hydrogens is 304 g/mol. The van der Waals surface area contributed by atoms with Gasteiger partial charge >= 0.3 is 0 Å². The number of hydrogen-bond acceptors (Lipinski definition) is 4. The van der Waals surface area contributed by atoms with E-state index in [9.17, 15) is 4.79 Å². The number of ketones is 1. The zero-order valence-corrected chi connectivity index (χ0v) is 13.7. The lowest BCUT2D eigenvalue weighted by molar-refractivity contribution is 0.0944. The molecule has 3 N–H and O–H groups in total. The predicted molar refractivity (Wildman–Crippen MR) is 91.5 cm³/mol. The van der Waals surface area contributed by atoms with Crippen LogP contribution in [0.5, 0.6) is 0 Å². The third kappa shape index (κ3) is 4.22. The van der Waals surface area contributed by atoms with E-state index < -0.39 is 0 Å². The summed E-state index contributed by atoms with van der Waals surface area (Å²) in [5, 5.41) is 5.00. The van der Waals surface area contributed by atoms with Crippen LogP contribution in [-0.2, 0) is 6.42 Å². The zero-order valence-electron chi connectivity index (χ0n) is 12.2. The number of benzene rings is 1. The van der Waals surface area contributed by atoms with Crippen molar-refractivity contribution in [1.82, 2.24) is 0 Å². The number of nitrogen functional groups attached to an aromatic ring is 1. The molecule has 0 aliphatic carbocycles. The van der Waals surface area contributed by atoms with Gasteiger partial charge in [-0.15, -0.1) is 11.3 Å². The number of carbonyl (C=O) groups is 1. The molecule has 5 heteroatoms. The maximum absolute atomic E-state index is 12.0. The Labute approximate surface area is 134 Å². The highest BCUT2D eigenvalue weighted by Crippen LogP contribution is 2.31. The average molecular weight is 323 g/mol. The minimum atomic E-state index is -0.0344. The standard InChI is InChI=1S/C16H19ClN2OS/c1-10(2)15(20)16-13(18)9-14(21-16)19-8-7-11-3-5-12(17)6-4-11/h3-6,9-10,19H,7-8,18H2,1-2H3. The number of carbonyl (C=O) groups excluding carboxylic acids is 1. The molecule has 1 aromatic carbocycles. The molecule has 0 saturated heterocycles. The molecule has 2 aromatic rings. The molecule has 1 aromatic heterocycles. The molecule has 0 aliphatic rings. The molecule has 0 unspecified atom stereocenters. The van der Waals surface area contributed by atoms with E-state index in [0.29, 0.717) is 10.6 Å². The highest BCUT2D eigenvalue weighted by atomic mass is 35.5. The summed E-state index contributed by atoms with van der Waals surface area (Å²) in [4.78, 5) is 12.6. The van der Waals surface area contributed by atoms with Crippen molar-refractivity contribution in [2.45, 2.75) is 20.3 Å². The van der Waals surface area contributed by atoms with Gasteiger partial charge in [0, 0.05) is 17.5 Å². The summed E-state index contributed by atoms with van der Waals surface area (Å²) >= 11 is 7.28. The van der Waals surface area contributed by atoms with Crippen LogP contribution in [0.25, 0.3) is 0 Å². The Morgan fingerprint density at radius 3 is 2.62 bits per heavy atom. The number of halogens is 1. The van der Waals surface area contributed by atoms with Crippen molar-refractivity contribution in [3.8, 4) is 0 Å². The summed E-state index contributed by atoms with van der Waals surface area (Å²) in [7, 11) is 0. The van der Waals surface area contributed by atoms with Crippen molar-refractivity contribution in [2.24, 2.45) is 5.92 Å². The first kappa shape index (κ1) is 15.9. The number of hydrogen-bond donors (Lipinski definition) is 2. The van der Waals surface area contributed by atoms with E-state index in [1.165, 1.54) is 16.9 Å². The Balaban J connectivity index is 1.93. The van der Waals surface area contributed by atoms with E-state index in [2.05, 4.69) is 5.32 Å². The second-order valence-corrected chi connectivity index (χ2v) is 6.71. The van der Waals surface area contributed by atoms with Crippen LogP contribution >= 0.6 is 22.9 Å². The van der Waals surface area contributed by atoms with Crippen LogP contribution in [0, 0.1) is 5.92 Å². The molecule has 0 fully saturated rings. The van der Waals surface area contributed by atoms with Gasteiger partial charge in [-0.25, -0.2) is 0 Å². The summed E-state index contributed by atoms with van der Waals surface area (Å²) in [5.74, 6) is 0.0659. The smallest absolute Gasteiger partial charge is 0.177 e. The van der Waals surface area contributed by atoms with Crippen molar-refractivity contribution in [3.63, 3.8) is 0 Å². The lowest BCUT2D eigenvalue weighted by Crippen LogP contribution is -2.07. The molecule has 0 spiro atoms. The number of nitrogens with two attached hydrogens (primary N) is 1. The Bertz CT molecular complexity index is 620. The quantitative estimate of drug-likeness (QED) is 0.771. The van der Waals surface area contributed by atoms with E-state index in [1.807, 2.05) is 44.2 Å². The van der Waals surface area contributed by atoms with Crippen molar-refractivity contribution in [1.29, 1.82) is 0 Å². The van der Waals surface area contributed by atoms with Gasteiger partial charge in [-0.05, 0) is 30.2 Å². The predicted octanol–water partition coefficient (Wildman–Crippen LogP) is 4.48. The highest BCUT2D eigenvalue weighted by Gasteiger charge is 2.17. The number of nitrogens with one attached hydrogen (secondary N) is 1. The molecule has 0 radical (unpaired) electrons. The normalized spacial score (nSPS) is 10.9. The summed E-state index contributed by atoms with van der Waals surface area (Å²) in [6, 6.07) is 9.64. The SMILES string of the molecule is CC(C)C(=O)c1sc(NCCc2ccc(Cl)cc2)cc1N. The van der Waals surface area contributed by atoms with E-state index >= 15 is 0 Å². The maximum Gasteiger partial charge on any atom is 0.177 e. The van der Waals surface area contributed by atoms with E-state index in [4.69, 9.17) is 17.3 Å². The van der Waals surface area contributed by atoms with Gasteiger partial charge in [-0.2, -0.15) is 0 Å². The lowest BCUT2D eigenvalue weighted by Gasteiger charge is -2.04. The molecule has 0 bridgehead atoms. The molecular formula is C16H19ClN2OS. The summed E-state index contributed by atoms with van der Waals surface area (Å²) in [6.07, 6.45) is 0.891. The minimum absolute atomic E-state index is 0.0344. The van der Waals surface area contributed by atoms with Gasteiger partial charge in [0.2, 0.25) is 0 Å². The van der Waals surface area contributed by atoms with Crippen LogP contribution < -0.4 is 11.1 Å². The van der Waals surface area contributed by atoms with Crippen LogP contribution in [-0.4, -0.2) is 12.3 Å². The number of thiophene rings is 1. The summed E-state index contributed by atoms with van der Waals surface area (Å²) in [5.41, 5.74) is 7.69. The average Bonchev–Trinajstić information content (AvgIpc) is 2.81. The minimum Gasteiger partial charge on any atom is -0.397 e. The van der Waals surface area contributed by atoms with Gasteiger partial charge in [0.15, 0.2) is 5.78 Å². The largest absolute Gasteiger partial charge is 0.397 e. The van der Waals surface area contributed by atoms with Crippen LogP contribution in [0.2, 0.25) is 5.02 Å². The third-order valence-corrected chi connectivity index (χ3v) is 4.51. The van der Waals surface area contributed by atoms with Crippen molar-refractivity contribution in [3.05, 3.63) is 45.8 Å². The fourth-order valence-corrected chi connectivity index (χ4v) is 3.15. The Kier molecular flexibility index (Phi) is 5.26. The third-order valence-electron chi connectivity index (χ3n) is 3.14. The molecule has 0 aliphatic heterocycles. The topological polar surface area (TPSA) is 55.1 Å². The highest BCUT2D eigenvalue weighted by molar-refractivity contribution is 7.18. The molecule has 2 rings (SSSR count). The van der Waals surface area contributed by atoms with Gasteiger partial charge in [0.05, 0.1) is 15.6 Å². The van der Waals surface area contributed by atoms with Gasteiger partial charge in [0.1, 0.15) is 0 Å². The first-order valence-corrected chi connectivity index (χ1v) is 8.08. The summed E-state index contributed by atoms with van der Waals surface area (Å²) < 4.78 is 0. The second kappa shape index (κ2) is 6.96. The van der Waals surface area contributed by atoms with Crippen molar-refractivity contribution >= 4 is 39.4 Å². The Morgan fingerprint density at radius 1 is 1.33 bits per heavy atom. The van der Waals surface area contributed by atoms with Crippen molar-refractivity contribution in [2.75, 3.05) is 17.6 Å². The molecule has 1 heterocycles. The van der Waals surface area contributed by atoms with Crippen LogP contribution in [0.15, 0.2) is 30.3 Å². The van der Waals surface area contributed by atoms with Gasteiger partial charge < -0.3 is 11.1 Å². The Morgan fingerprint density at radius 2 is 2.00 bits per heavy atom. The van der Waals surface area contributed by atoms with Gasteiger partial charge in [-0.1, -0.05) is 37.6 Å². The van der Waals surface area contributed by atoms with Crippen LogP contribution in [0.3, 0.4) is 0 Å². The van der Waals surface area contributed by atoms with E-state index in [-0.39, 0.29) is 11.7 Å². The number of rotatable bonds is 6. The van der Waals surface area contributed by atoms with Crippen LogP contribution in [0.4, 0.5) is 10.7 Å². The first-order chi connectivity index (χ1) is 9.97. The monoisotopic (exact) mass is 322 g/mol. The molecule has 0 atom stereocenters. The van der Waals surface area contributed by atoms with E-state index in [0.717, 1.165) is 23.0 Å². The molecule has 21 heavy (non-hydrogen) atoms. The fourth-order valence-electron chi connectivity index (χ4n) is 1.93. The second-order valence-electron chi connectivity index (χ2n) is 5.22. The molecule has 0 amide bonds. The summed E-state index contributed by atoms with van der Waals surface area (Å²) in [6.45, 7) is 4.56. The molecule has 112 valence electrons. The first-order valence-electron chi connectivity index (χ1n) is 6.89. The van der Waals surface area contributed by atoms with Gasteiger partial charge in [0.25, 0.3) is 0 Å². The number of Topliss-reactive ketones (excluding diaryl/α,β-unsaturated/α-hetero) is 1. The van der Waals surface area contributed by atoms with Gasteiger partial charge in [-0.3, -0.25) is 4.79 Å². The Hall–Kier alpha value is -1.52. The number of anilines is 2. The maximum atomic E-state index is 12.0. The van der Waals surface area contributed by atoms with Crippen LogP contribution in [0.1, 0.15) is 29.1 Å². The lowest BCUT2D eigenvalue weighted by atomic mass is 10.1. The molecule has 0 saturated carbocycles.